The molecule has 6 heteroatoms. The van der Waals surface area contributed by atoms with Gasteiger partial charge in [-0.3, -0.25) is 0 Å². The van der Waals surface area contributed by atoms with E-state index in [4.69, 9.17) is 4.74 Å². The predicted molar refractivity (Wildman–Crippen MR) is 168 cm³/mol. The number of hydrogen-bond acceptors (Lipinski definition) is 5. The molecule has 2 aromatic heterocycles. The van der Waals surface area contributed by atoms with Crippen molar-refractivity contribution in [3.8, 4) is 16.2 Å². The van der Waals surface area contributed by atoms with Crippen LogP contribution in [0.3, 0.4) is 0 Å². The maximum atomic E-state index is 6.30. The van der Waals surface area contributed by atoms with Gasteiger partial charge in [-0.1, -0.05) is 29.6 Å². The molecule has 1 unspecified atom stereocenters. The monoisotopic (exact) mass is 567 g/mol. The van der Waals surface area contributed by atoms with Gasteiger partial charge in [0, 0.05) is 35.0 Å². The summed E-state index contributed by atoms with van der Waals surface area (Å²) in [5.74, 6) is 2.51. The van der Waals surface area contributed by atoms with E-state index in [1.165, 1.54) is 60.1 Å². The lowest BCUT2D eigenvalue weighted by Crippen LogP contribution is -2.29. The molecule has 4 aromatic rings. The zero-order valence-corrected chi connectivity index (χ0v) is 24.9. The van der Waals surface area contributed by atoms with Crippen molar-refractivity contribution in [1.82, 2.24) is 0 Å². The summed E-state index contributed by atoms with van der Waals surface area (Å²) in [5.41, 5.74) is 7.93. The first-order chi connectivity index (χ1) is 19.1. The minimum Gasteiger partial charge on any atom is -0.439 e. The van der Waals surface area contributed by atoms with Crippen molar-refractivity contribution in [2.24, 2.45) is 13.0 Å². The Balaban J connectivity index is 1.16. The molecule has 2 aromatic carbocycles. The quantitative estimate of drug-likeness (QED) is 0.181. The Morgan fingerprint density at radius 3 is 2.79 bits per heavy atom. The van der Waals surface area contributed by atoms with Crippen LogP contribution < -0.4 is 14.2 Å². The Kier molecular flexibility index (Phi) is 6.50. The molecule has 0 saturated carbocycles. The molecule has 1 atom stereocenters. The first-order valence-corrected chi connectivity index (χ1v) is 16.4. The number of aryl methyl sites for hydroxylation is 1. The van der Waals surface area contributed by atoms with Crippen molar-refractivity contribution >= 4 is 56.4 Å². The lowest BCUT2D eigenvalue weighted by atomic mass is 9.77. The molecule has 0 radical (unpaired) electrons. The second-order valence-corrected chi connectivity index (χ2v) is 13.4. The van der Waals surface area contributed by atoms with Crippen molar-refractivity contribution in [3.05, 3.63) is 99.7 Å². The number of thiazole rings is 1. The highest BCUT2D eigenvalue weighted by molar-refractivity contribution is 7.98. The molecule has 0 N–H and O–H groups in total. The first kappa shape index (κ1) is 24.9. The molecular weight excluding hydrogens is 537 g/mol. The number of thioether (sulfide) groups is 1. The normalized spacial score (nSPS) is 20.7. The van der Waals surface area contributed by atoms with Crippen LogP contribution in [0.25, 0.3) is 26.7 Å². The first-order valence-electron chi connectivity index (χ1n) is 13.5. The Labute approximate surface area is 242 Å². The van der Waals surface area contributed by atoms with Gasteiger partial charge in [-0.25, -0.2) is 0 Å². The van der Waals surface area contributed by atoms with Crippen LogP contribution >= 0.6 is 34.4 Å². The van der Waals surface area contributed by atoms with Gasteiger partial charge in [0.25, 0.3) is 5.01 Å². The van der Waals surface area contributed by atoms with Crippen molar-refractivity contribution in [2.75, 3.05) is 18.2 Å². The van der Waals surface area contributed by atoms with Crippen LogP contribution in [0.15, 0.2) is 99.6 Å². The molecular formula is C33H31N2OS3+. The Bertz CT molecular complexity index is 1700. The van der Waals surface area contributed by atoms with Crippen molar-refractivity contribution in [3.63, 3.8) is 0 Å². The molecule has 3 aliphatic rings. The highest BCUT2D eigenvalue weighted by Crippen LogP contribution is 2.43. The maximum Gasteiger partial charge on any atom is 0.262 e. The van der Waals surface area contributed by atoms with E-state index in [0.29, 0.717) is 5.92 Å². The third-order valence-electron chi connectivity index (χ3n) is 8.10. The van der Waals surface area contributed by atoms with E-state index >= 15 is 0 Å². The van der Waals surface area contributed by atoms with Crippen LogP contribution in [0.4, 0.5) is 5.69 Å². The number of benzene rings is 2. The minimum atomic E-state index is 0.664. The highest BCUT2D eigenvalue weighted by Gasteiger charge is 2.27. The van der Waals surface area contributed by atoms with Crippen molar-refractivity contribution in [1.29, 1.82) is 0 Å². The molecule has 0 spiro atoms. The van der Waals surface area contributed by atoms with E-state index in [9.17, 15) is 0 Å². The topological polar surface area (TPSA) is 16.4 Å². The van der Waals surface area contributed by atoms with Gasteiger partial charge in [0.2, 0.25) is 11.4 Å². The summed E-state index contributed by atoms with van der Waals surface area (Å²) in [7, 11) is 4.29. The minimum absolute atomic E-state index is 0.664. The van der Waals surface area contributed by atoms with Gasteiger partial charge >= 0.3 is 0 Å². The third-order valence-corrected chi connectivity index (χ3v) is 10.9. The van der Waals surface area contributed by atoms with Gasteiger partial charge in [-0.05, 0) is 102 Å². The molecule has 0 saturated heterocycles. The fourth-order valence-electron chi connectivity index (χ4n) is 5.85. The number of thiophene rings is 1. The van der Waals surface area contributed by atoms with Gasteiger partial charge in [0.1, 0.15) is 11.7 Å². The van der Waals surface area contributed by atoms with E-state index in [-0.39, 0.29) is 0 Å². The van der Waals surface area contributed by atoms with Gasteiger partial charge in [-0.15, -0.1) is 23.1 Å². The number of hydrogen-bond donors (Lipinski definition) is 0. The third kappa shape index (κ3) is 4.69. The largest absolute Gasteiger partial charge is 0.439 e. The molecule has 7 rings (SSSR count). The van der Waals surface area contributed by atoms with Gasteiger partial charge in [0.15, 0.2) is 5.75 Å². The number of allylic oxidation sites excluding steroid dienone is 6. The van der Waals surface area contributed by atoms with Crippen LogP contribution in [-0.2, 0) is 7.05 Å². The smallest absolute Gasteiger partial charge is 0.262 e. The van der Waals surface area contributed by atoms with E-state index in [1.54, 1.807) is 23.1 Å². The molecule has 39 heavy (non-hydrogen) atoms. The summed E-state index contributed by atoms with van der Waals surface area (Å²) in [6.07, 6.45) is 16.3. The number of ether oxygens (including phenoxy) is 1. The average Bonchev–Trinajstić information content (AvgIpc) is 3.67. The molecule has 0 fully saturated rings. The molecule has 1 aliphatic heterocycles. The van der Waals surface area contributed by atoms with E-state index in [0.717, 1.165) is 30.2 Å². The Morgan fingerprint density at radius 2 is 1.95 bits per heavy atom. The van der Waals surface area contributed by atoms with Crippen molar-refractivity contribution < 1.29 is 9.30 Å². The molecule has 3 heterocycles. The summed E-state index contributed by atoms with van der Waals surface area (Å²) >= 11 is 5.47. The van der Waals surface area contributed by atoms with Crippen LogP contribution in [0.5, 0.6) is 5.75 Å². The summed E-state index contributed by atoms with van der Waals surface area (Å²) in [6, 6.07) is 17.6. The highest BCUT2D eigenvalue weighted by atomic mass is 32.2. The standard InChI is InChI=1S/C33H31N2OS3/c1-34-28-19-24(30-5-4-14-38-30)10-13-29(28)36-32(34)17-21-6-8-23-9-7-22(16-25(23)15-21)18-33-35(2)27-12-11-26(37-3)20-31(27)39-33/h4-5,10-20,23H,6-9H2,1-3H3/q+1. The number of anilines is 1. The van der Waals surface area contributed by atoms with E-state index < -0.39 is 0 Å². The van der Waals surface area contributed by atoms with E-state index in [2.05, 4.69) is 108 Å². The summed E-state index contributed by atoms with van der Waals surface area (Å²) in [6.45, 7) is 0. The van der Waals surface area contributed by atoms with Crippen LogP contribution in [0, 0.1) is 5.92 Å². The average molecular weight is 568 g/mol. The van der Waals surface area contributed by atoms with E-state index in [1.807, 2.05) is 11.3 Å². The van der Waals surface area contributed by atoms with Crippen LogP contribution in [0.1, 0.15) is 30.7 Å². The van der Waals surface area contributed by atoms with Gasteiger partial charge < -0.3 is 9.64 Å². The number of rotatable bonds is 4. The molecule has 0 bridgehead atoms. The Morgan fingerprint density at radius 1 is 1.05 bits per heavy atom. The predicted octanol–water partition coefficient (Wildman–Crippen LogP) is 8.99. The maximum absolute atomic E-state index is 6.30. The summed E-state index contributed by atoms with van der Waals surface area (Å²) in [4.78, 5) is 4.79. The fourth-order valence-corrected chi connectivity index (χ4v) is 8.25. The fraction of sp³-hybridized carbons (Fsp3) is 0.242. The number of nitrogens with zero attached hydrogens (tertiary/aromatic N) is 2. The molecule has 0 amide bonds. The second-order valence-electron chi connectivity index (χ2n) is 10.5. The van der Waals surface area contributed by atoms with Gasteiger partial charge in [0.05, 0.1) is 5.69 Å². The lowest BCUT2D eigenvalue weighted by Gasteiger charge is -2.28. The summed E-state index contributed by atoms with van der Waals surface area (Å²) < 4.78 is 10.00. The lowest BCUT2D eigenvalue weighted by molar-refractivity contribution is -0.642. The zero-order chi connectivity index (χ0) is 26.5. The number of fused-ring (bicyclic) bond motifs is 3. The Hall–Kier alpha value is -3.06. The van der Waals surface area contributed by atoms with Crippen molar-refractivity contribution in [2.45, 2.75) is 30.6 Å². The molecule has 2 aliphatic carbocycles. The van der Waals surface area contributed by atoms with Gasteiger partial charge in [-0.2, -0.15) is 4.57 Å². The zero-order valence-electron chi connectivity index (χ0n) is 22.4. The second kappa shape index (κ2) is 10.2. The number of aromatic nitrogens is 1. The SMILES string of the molecule is CSc1ccc2c(c1)sc(C=C1C=C3C=C(C=C4Oc5ccc(-c6cccs6)cc5N4C)CCC3CC1)[n+]2C. The van der Waals surface area contributed by atoms with Crippen LogP contribution in [-0.4, -0.2) is 13.3 Å². The van der Waals surface area contributed by atoms with Crippen LogP contribution in [0.2, 0.25) is 0 Å². The summed E-state index contributed by atoms with van der Waals surface area (Å²) in [5, 5.41) is 3.44. The molecule has 3 nitrogen and oxygen atoms in total. The molecule has 196 valence electrons.